The van der Waals surface area contributed by atoms with E-state index in [-0.39, 0.29) is 0 Å². The molecule has 0 saturated heterocycles. The Morgan fingerprint density at radius 1 is 0.758 bits per heavy atom. The summed E-state index contributed by atoms with van der Waals surface area (Å²) in [7, 11) is 0. The van der Waals surface area contributed by atoms with Gasteiger partial charge in [-0.05, 0) is 12.1 Å². The third-order valence-corrected chi connectivity index (χ3v) is 3.92. The Labute approximate surface area is 173 Å². The second-order valence-electron chi connectivity index (χ2n) is 6.22. The summed E-state index contributed by atoms with van der Waals surface area (Å²) in [6, 6.07) is 2.90. The first-order valence-electron chi connectivity index (χ1n) is 7.94. The first kappa shape index (κ1) is 28.2. The number of nitro groups is 1. The van der Waals surface area contributed by atoms with E-state index < -0.39 is 71.0 Å². The zero-order valence-corrected chi connectivity index (χ0v) is 15.2. The van der Waals surface area contributed by atoms with Gasteiger partial charge < -0.3 is 4.74 Å². The van der Waals surface area contributed by atoms with Crippen LogP contribution in [0, 0.1) is 10.1 Å². The van der Waals surface area contributed by atoms with Crippen LogP contribution in [0.15, 0.2) is 24.3 Å². The van der Waals surface area contributed by atoms with Crippen molar-refractivity contribution >= 4 is 11.7 Å². The van der Waals surface area contributed by atoms with Gasteiger partial charge >= 0.3 is 41.8 Å². The molecule has 0 unspecified atom stereocenters. The van der Waals surface area contributed by atoms with Crippen LogP contribution < -0.4 is 4.74 Å². The minimum absolute atomic E-state index is 0.542. The highest BCUT2D eigenvalue weighted by molar-refractivity contribution is 5.72. The van der Waals surface area contributed by atoms with Crippen LogP contribution in [0.1, 0.15) is 12.8 Å². The van der Waals surface area contributed by atoms with E-state index in [2.05, 4.69) is 4.74 Å². The molecule has 18 heteroatoms. The Morgan fingerprint density at radius 2 is 1.18 bits per heavy atom. The van der Waals surface area contributed by atoms with Crippen LogP contribution >= 0.6 is 0 Å². The van der Waals surface area contributed by atoms with Crippen LogP contribution in [0.2, 0.25) is 0 Å². The summed E-state index contributed by atoms with van der Waals surface area (Å²) in [5.41, 5.74) is -0.542. The molecule has 5 nitrogen and oxygen atoms in total. The van der Waals surface area contributed by atoms with Crippen LogP contribution in [0.3, 0.4) is 0 Å². The van der Waals surface area contributed by atoms with Crippen molar-refractivity contribution < 1.29 is 71.5 Å². The van der Waals surface area contributed by atoms with Crippen molar-refractivity contribution in [1.82, 2.24) is 0 Å². The Morgan fingerprint density at radius 3 is 1.58 bits per heavy atom. The third-order valence-electron chi connectivity index (χ3n) is 3.92. The minimum atomic E-state index is -8.02. The number of hydrogen-bond donors (Lipinski definition) is 0. The van der Waals surface area contributed by atoms with Crippen molar-refractivity contribution in [1.29, 1.82) is 0 Å². The normalized spacial score (nSPS) is 14.2. The summed E-state index contributed by atoms with van der Waals surface area (Å²) in [5, 5.41) is 10.4. The van der Waals surface area contributed by atoms with E-state index in [0.29, 0.717) is 0 Å². The Bertz CT molecular complexity index is 881. The SMILES string of the molecule is O=C(CCC(F)(F)C(F)(F)C(F)(F)C(F)(F)C(F)(F)C(F)(F)F)Oc1ccc([N+](=O)[O-])cc1. The lowest BCUT2D eigenvalue weighted by Gasteiger charge is -2.39. The number of benzene rings is 1. The summed E-state index contributed by atoms with van der Waals surface area (Å²) in [4.78, 5) is 20.9. The quantitative estimate of drug-likeness (QED) is 0.133. The molecule has 188 valence electrons. The predicted octanol–water partition coefficient (Wildman–Crippen LogP) is 6.02. The lowest BCUT2D eigenvalue weighted by Crippen LogP contribution is -2.70. The van der Waals surface area contributed by atoms with Crippen molar-refractivity contribution in [2.45, 2.75) is 48.6 Å². The maximum absolute atomic E-state index is 13.6. The molecule has 0 aliphatic carbocycles. The average molecular weight is 513 g/mol. The van der Waals surface area contributed by atoms with Gasteiger partial charge in [-0.25, -0.2) is 0 Å². The molecule has 0 heterocycles. The number of halogens is 13. The number of carbonyl (C=O) groups excluding carboxylic acids is 1. The molecule has 1 rings (SSSR count). The third kappa shape index (κ3) is 4.92. The molecule has 0 aliphatic rings. The Balaban J connectivity index is 3.05. The molecule has 0 spiro atoms. The van der Waals surface area contributed by atoms with Gasteiger partial charge in [-0.2, -0.15) is 57.1 Å². The minimum Gasteiger partial charge on any atom is -0.427 e. The standard InChI is InChI=1S/C15H8F13NO4/c16-10(17,6-5-9(30)33-8-3-1-7(2-4-8)29(31)32)11(18,19)12(20,21)13(22,23)14(24,25)15(26,27)28/h1-4H,5-6H2. The first-order chi connectivity index (χ1) is 14.5. The summed E-state index contributed by atoms with van der Waals surface area (Å²) in [5.74, 6) is -40.2. The fraction of sp³-hybridized carbons (Fsp3) is 0.533. The fourth-order valence-corrected chi connectivity index (χ4v) is 2.04. The maximum atomic E-state index is 13.6. The molecule has 0 aromatic heterocycles. The van der Waals surface area contributed by atoms with Crippen LogP contribution in [0.4, 0.5) is 62.8 Å². The monoisotopic (exact) mass is 513 g/mol. The number of hydrogen-bond acceptors (Lipinski definition) is 4. The molecule has 0 atom stereocenters. The van der Waals surface area contributed by atoms with Gasteiger partial charge in [0.15, 0.2) is 0 Å². The van der Waals surface area contributed by atoms with E-state index in [1.807, 2.05) is 0 Å². The highest BCUT2D eigenvalue weighted by Gasteiger charge is 2.90. The van der Waals surface area contributed by atoms with Crippen LogP contribution in [-0.4, -0.2) is 46.7 Å². The lowest BCUT2D eigenvalue weighted by atomic mass is 9.92. The number of nitro benzene ring substituents is 1. The highest BCUT2D eigenvalue weighted by atomic mass is 19.4. The van der Waals surface area contributed by atoms with Crippen molar-refractivity contribution in [2.24, 2.45) is 0 Å². The topological polar surface area (TPSA) is 69.4 Å². The van der Waals surface area contributed by atoms with Crippen molar-refractivity contribution in [3.05, 3.63) is 34.4 Å². The molecule has 0 aliphatic heterocycles. The molecule has 0 radical (unpaired) electrons. The highest BCUT2D eigenvalue weighted by Crippen LogP contribution is 2.60. The van der Waals surface area contributed by atoms with Gasteiger partial charge in [0.2, 0.25) is 0 Å². The second kappa shape index (κ2) is 8.51. The van der Waals surface area contributed by atoms with E-state index in [1.54, 1.807) is 0 Å². The summed E-state index contributed by atoms with van der Waals surface area (Å²) < 4.78 is 173. The Hall–Kier alpha value is -2.82. The smallest absolute Gasteiger partial charge is 0.427 e. The number of ether oxygens (including phenoxy) is 1. The lowest BCUT2D eigenvalue weighted by molar-refractivity contribution is -0.440. The largest absolute Gasteiger partial charge is 0.460 e. The number of nitrogens with zero attached hydrogens (tertiary/aromatic N) is 1. The zero-order valence-electron chi connectivity index (χ0n) is 15.2. The first-order valence-corrected chi connectivity index (χ1v) is 7.94. The molecular formula is C15H8F13NO4. The molecule has 1 aromatic rings. The van der Waals surface area contributed by atoms with Crippen LogP contribution in [0.25, 0.3) is 0 Å². The summed E-state index contributed by atoms with van der Waals surface area (Å²) in [6.07, 6.45) is -12.2. The predicted molar refractivity (Wildman–Crippen MR) is 78.8 cm³/mol. The van der Waals surface area contributed by atoms with Crippen LogP contribution in [0.5, 0.6) is 5.75 Å². The van der Waals surface area contributed by atoms with Gasteiger partial charge in [-0.1, -0.05) is 0 Å². The van der Waals surface area contributed by atoms with Gasteiger partial charge in [0.25, 0.3) is 5.69 Å². The molecule has 0 saturated carbocycles. The molecule has 0 fully saturated rings. The number of non-ortho nitro benzene ring substituents is 1. The average Bonchev–Trinajstić information content (AvgIpc) is 2.65. The van der Waals surface area contributed by atoms with Gasteiger partial charge in [-0.3, -0.25) is 14.9 Å². The zero-order chi connectivity index (χ0) is 26.3. The van der Waals surface area contributed by atoms with Crippen LogP contribution in [-0.2, 0) is 4.79 Å². The van der Waals surface area contributed by atoms with E-state index in [4.69, 9.17) is 0 Å². The maximum Gasteiger partial charge on any atom is 0.460 e. The molecule has 1 aromatic carbocycles. The number of esters is 1. The molecule has 0 amide bonds. The Kier molecular flexibility index (Phi) is 7.28. The second-order valence-corrected chi connectivity index (χ2v) is 6.22. The van der Waals surface area contributed by atoms with E-state index in [1.165, 1.54) is 0 Å². The van der Waals surface area contributed by atoms with Crippen molar-refractivity contribution in [3.63, 3.8) is 0 Å². The molecule has 33 heavy (non-hydrogen) atoms. The van der Waals surface area contributed by atoms with Gasteiger partial charge in [-0.15, -0.1) is 0 Å². The summed E-state index contributed by atoms with van der Waals surface area (Å²) >= 11 is 0. The summed E-state index contributed by atoms with van der Waals surface area (Å²) in [6.45, 7) is 0. The van der Waals surface area contributed by atoms with Gasteiger partial charge in [0, 0.05) is 18.6 Å². The van der Waals surface area contributed by atoms with Gasteiger partial charge in [0.05, 0.1) is 11.3 Å². The number of rotatable bonds is 9. The fourth-order valence-electron chi connectivity index (χ4n) is 2.04. The number of carbonyl (C=O) groups is 1. The van der Waals surface area contributed by atoms with E-state index in [0.717, 1.165) is 24.3 Å². The molecule has 0 bridgehead atoms. The number of alkyl halides is 13. The van der Waals surface area contributed by atoms with E-state index in [9.17, 15) is 72.0 Å². The van der Waals surface area contributed by atoms with Crippen molar-refractivity contribution in [2.75, 3.05) is 0 Å². The molecule has 0 N–H and O–H groups in total. The van der Waals surface area contributed by atoms with Crippen molar-refractivity contribution in [3.8, 4) is 5.75 Å². The molecular weight excluding hydrogens is 505 g/mol. The van der Waals surface area contributed by atoms with E-state index >= 15 is 0 Å². The van der Waals surface area contributed by atoms with Gasteiger partial charge in [0.1, 0.15) is 5.75 Å².